The van der Waals surface area contributed by atoms with Crippen molar-refractivity contribution in [1.82, 2.24) is 19.4 Å². The van der Waals surface area contributed by atoms with Crippen LogP contribution >= 0.6 is 0 Å². The fourth-order valence-electron chi connectivity index (χ4n) is 4.68. The molecule has 0 aliphatic carbocycles. The minimum atomic E-state index is -3.86. The van der Waals surface area contributed by atoms with Gasteiger partial charge >= 0.3 is 6.03 Å². The van der Waals surface area contributed by atoms with E-state index in [0.29, 0.717) is 11.3 Å². The molecular formula is C25H29FN4O7S. The van der Waals surface area contributed by atoms with Crippen molar-refractivity contribution in [1.29, 1.82) is 0 Å². The van der Waals surface area contributed by atoms with E-state index in [0.717, 1.165) is 4.90 Å². The molecule has 1 N–H and O–H groups in total. The standard InChI is InChI=1S/C25H29FN4O7S/c1-4-25(17-5-7-18(26)8-6-17)23(32)30(24(33)27-25)16-22(31)28-11-13-29(14-12-28)38(34,35)19-9-10-20(36-2)21(15-19)37-3/h5-10,15H,4,11-14,16H2,1-3H3,(H,27,33). The third-order valence-corrected chi connectivity index (χ3v) is 8.82. The average Bonchev–Trinajstić information content (AvgIpc) is 3.18. The quantitative estimate of drug-likeness (QED) is 0.496. The number of hydrogen-bond donors (Lipinski definition) is 1. The summed E-state index contributed by atoms with van der Waals surface area (Å²) in [5.41, 5.74) is -0.972. The monoisotopic (exact) mass is 548 g/mol. The molecule has 11 nitrogen and oxygen atoms in total. The molecule has 2 heterocycles. The molecule has 38 heavy (non-hydrogen) atoms. The van der Waals surface area contributed by atoms with E-state index in [1.165, 1.54) is 65.9 Å². The fraction of sp³-hybridized carbons (Fsp3) is 0.400. The zero-order chi connectivity index (χ0) is 27.7. The minimum Gasteiger partial charge on any atom is -0.493 e. The predicted octanol–water partition coefficient (Wildman–Crippen LogP) is 1.53. The third-order valence-electron chi connectivity index (χ3n) is 6.92. The zero-order valence-corrected chi connectivity index (χ0v) is 22.1. The SMILES string of the molecule is CCC1(c2ccc(F)cc2)NC(=O)N(CC(=O)N2CCN(S(=O)(=O)c3ccc(OC)c(OC)c3)CC2)C1=O. The third kappa shape index (κ3) is 4.78. The lowest BCUT2D eigenvalue weighted by Gasteiger charge is -2.34. The molecule has 4 rings (SSSR count). The second kappa shape index (κ2) is 10.6. The first kappa shape index (κ1) is 27.3. The summed E-state index contributed by atoms with van der Waals surface area (Å²) in [5, 5.41) is 2.66. The number of nitrogens with zero attached hydrogens (tertiary/aromatic N) is 3. The molecule has 1 atom stereocenters. The lowest BCUT2D eigenvalue weighted by molar-refractivity contribution is -0.139. The van der Waals surface area contributed by atoms with Gasteiger partial charge in [0, 0.05) is 32.2 Å². The number of imide groups is 1. The number of halogens is 1. The summed E-state index contributed by atoms with van der Waals surface area (Å²) in [5.74, 6) is -0.882. The van der Waals surface area contributed by atoms with Crippen LogP contribution in [0.4, 0.5) is 9.18 Å². The van der Waals surface area contributed by atoms with Gasteiger partial charge in [-0.2, -0.15) is 4.31 Å². The van der Waals surface area contributed by atoms with Crippen LogP contribution in [0.1, 0.15) is 18.9 Å². The molecule has 2 aromatic rings. The van der Waals surface area contributed by atoms with Crippen LogP contribution in [0.2, 0.25) is 0 Å². The van der Waals surface area contributed by atoms with Gasteiger partial charge in [0.1, 0.15) is 17.9 Å². The van der Waals surface area contributed by atoms with E-state index in [1.54, 1.807) is 6.92 Å². The summed E-state index contributed by atoms with van der Waals surface area (Å²) in [6, 6.07) is 8.86. The first-order valence-corrected chi connectivity index (χ1v) is 13.4. The number of hydrogen-bond acceptors (Lipinski definition) is 7. The number of carbonyl (C=O) groups excluding carboxylic acids is 3. The molecule has 2 aliphatic rings. The van der Waals surface area contributed by atoms with Crippen LogP contribution in [0, 0.1) is 5.82 Å². The van der Waals surface area contributed by atoms with Crippen LogP contribution in [-0.4, -0.2) is 87.3 Å². The number of sulfonamides is 1. The second-order valence-electron chi connectivity index (χ2n) is 8.89. The number of rotatable bonds is 8. The van der Waals surface area contributed by atoms with E-state index in [4.69, 9.17) is 9.47 Å². The molecule has 1 unspecified atom stereocenters. The molecular weight excluding hydrogens is 519 g/mol. The Morgan fingerprint density at radius 3 is 2.21 bits per heavy atom. The number of methoxy groups -OCH3 is 2. The number of carbonyl (C=O) groups is 3. The summed E-state index contributed by atoms with van der Waals surface area (Å²) in [6.45, 7) is 1.48. The van der Waals surface area contributed by atoms with E-state index in [2.05, 4.69) is 5.32 Å². The summed E-state index contributed by atoms with van der Waals surface area (Å²) in [6.07, 6.45) is 0.209. The molecule has 0 bridgehead atoms. The number of piperazine rings is 1. The second-order valence-corrected chi connectivity index (χ2v) is 10.8. The van der Waals surface area contributed by atoms with Gasteiger partial charge in [-0.1, -0.05) is 19.1 Å². The van der Waals surface area contributed by atoms with Crippen LogP contribution in [0.25, 0.3) is 0 Å². The van der Waals surface area contributed by atoms with Gasteiger partial charge in [0.05, 0.1) is 19.1 Å². The van der Waals surface area contributed by atoms with Crippen LogP contribution in [-0.2, 0) is 25.2 Å². The van der Waals surface area contributed by atoms with Crippen molar-refractivity contribution in [3.05, 3.63) is 53.8 Å². The Morgan fingerprint density at radius 2 is 1.63 bits per heavy atom. The van der Waals surface area contributed by atoms with Crippen LogP contribution in [0.3, 0.4) is 0 Å². The van der Waals surface area contributed by atoms with Crippen molar-refractivity contribution in [3.63, 3.8) is 0 Å². The van der Waals surface area contributed by atoms with Crippen molar-refractivity contribution >= 4 is 27.9 Å². The van der Waals surface area contributed by atoms with Gasteiger partial charge in [-0.3, -0.25) is 14.5 Å². The smallest absolute Gasteiger partial charge is 0.325 e. The molecule has 2 aromatic carbocycles. The van der Waals surface area contributed by atoms with E-state index in [-0.39, 0.29) is 43.2 Å². The molecule has 2 fully saturated rings. The molecule has 2 saturated heterocycles. The van der Waals surface area contributed by atoms with Gasteiger partial charge in [-0.25, -0.2) is 17.6 Å². The Kier molecular flexibility index (Phi) is 7.61. The van der Waals surface area contributed by atoms with E-state index in [9.17, 15) is 27.2 Å². The molecule has 0 spiro atoms. The Morgan fingerprint density at radius 1 is 1.00 bits per heavy atom. The number of ether oxygens (including phenoxy) is 2. The van der Waals surface area contributed by atoms with E-state index < -0.39 is 45.8 Å². The Hall–Kier alpha value is -3.71. The highest BCUT2D eigenvalue weighted by Gasteiger charge is 2.52. The van der Waals surface area contributed by atoms with Crippen molar-refractivity contribution in [2.75, 3.05) is 46.9 Å². The average molecular weight is 549 g/mol. The molecule has 0 radical (unpaired) electrons. The highest BCUT2D eigenvalue weighted by molar-refractivity contribution is 7.89. The fourth-order valence-corrected chi connectivity index (χ4v) is 6.12. The summed E-state index contributed by atoms with van der Waals surface area (Å²) < 4.78 is 51.3. The summed E-state index contributed by atoms with van der Waals surface area (Å²) in [7, 11) is -0.995. The van der Waals surface area contributed by atoms with Gasteiger partial charge in [-0.15, -0.1) is 0 Å². The molecule has 204 valence electrons. The van der Waals surface area contributed by atoms with E-state index in [1.807, 2.05) is 0 Å². The minimum absolute atomic E-state index is 0.0333. The van der Waals surface area contributed by atoms with Crippen molar-refractivity contribution in [2.45, 2.75) is 23.8 Å². The van der Waals surface area contributed by atoms with Gasteiger partial charge in [-0.05, 0) is 36.2 Å². The molecule has 0 saturated carbocycles. The maximum Gasteiger partial charge on any atom is 0.325 e. The van der Waals surface area contributed by atoms with Gasteiger partial charge < -0.3 is 19.7 Å². The van der Waals surface area contributed by atoms with Crippen LogP contribution in [0.5, 0.6) is 11.5 Å². The van der Waals surface area contributed by atoms with Crippen molar-refractivity contribution in [3.8, 4) is 11.5 Å². The van der Waals surface area contributed by atoms with Crippen LogP contribution in [0.15, 0.2) is 47.4 Å². The lowest BCUT2D eigenvalue weighted by Crippen LogP contribution is -2.53. The molecule has 13 heteroatoms. The number of amides is 4. The zero-order valence-electron chi connectivity index (χ0n) is 21.3. The maximum atomic E-state index is 13.4. The van der Waals surface area contributed by atoms with Gasteiger partial charge in [0.25, 0.3) is 5.91 Å². The Bertz CT molecular complexity index is 1340. The van der Waals surface area contributed by atoms with E-state index >= 15 is 0 Å². The van der Waals surface area contributed by atoms with Crippen LogP contribution < -0.4 is 14.8 Å². The number of urea groups is 1. The van der Waals surface area contributed by atoms with Gasteiger partial charge in [0.15, 0.2) is 11.5 Å². The molecule has 4 amide bonds. The topological polar surface area (TPSA) is 126 Å². The lowest BCUT2D eigenvalue weighted by atomic mass is 9.87. The first-order chi connectivity index (χ1) is 18.1. The summed E-state index contributed by atoms with van der Waals surface area (Å²) in [4.78, 5) is 41.3. The maximum absolute atomic E-state index is 13.4. The molecule has 0 aromatic heterocycles. The number of benzene rings is 2. The van der Waals surface area contributed by atoms with Crippen molar-refractivity contribution in [2.24, 2.45) is 0 Å². The van der Waals surface area contributed by atoms with Gasteiger partial charge in [0.2, 0.25) is 15.9 Å². The highest BCUT2D eigenvalue weighted by Crippen LogP contribution is 2.33. The number of nitrogens with one attached hydrogen (secondary N) is 1. The highest BCUT2D eigenvalue weighted by atomic mass is 32.2. The molecule has 2 aliphatic heterocycles. The normalized spacial score (nSPS) is 20.4. The predicted molar refractivity (Wildman–Crippen MR) is 133 cm³/mol. The first-order valence-electron chi connectivity index (χ1n) is 12.0. The summed E-state index contributed by atoms with van der Waals surface area (Å²) >= 11 is 0. The largest absolute Gasteiger partial charge is 0.493 e. The van der Waals surface area contributed by atoms with Crippen molar-refractivity contribution < 1.29 is 36.7 Å². The Labute approximate surface area is 220 Å². The Balaban J connectivity index is 1.42.